The number of H-pyrrole nitrogens is 1. The molecule has 3 rings (SSSR count). The zero-order chi connectivity index (χ0) is 18.5. The van der Waals surface area contributed by atoms with E-state index in [0.717, 1.165) is 22.5 Å². The Morgan fingerprint density at radius 3 is 2.54 bits per heavy atom. The van der Waals surface area contributed by atoms with Gasteiger partial charge in [0.1, 0.15) is 11.7 Å². The van der Waals surface area contributed by atoms with E-state index in [1.807, 2.05) is 30.5 Å². The summed E-state index contributed by atoms with van der Waals surface area (Å²) in [6.45, 7) is 0. The quantitative estimate of drug-likeness (QED) is 0.359. The maximum absolute atomic E-state index is 11.2. The van der Waals surface area contributed by atoms with Crippen molar-refractivity contribution in [2.75, 3.05) is 7.11 Å². The zero-order valence-electron chi connectivity index (χ0n) is 14.3. The summed E-state index contributed by atoms with van der Waals surface area (Å²) in [6, 6.07) is 11.1. The highest BCUT2D eigenvalue weighted by Crippen LogP contribution is 2.22. The molecule has 0 saturated heterocycles. The minimum atomic E-state index is -0.248. The van der Waals surface area contributed by atoms with Gasteiger partial charge in [-0.1, -0.05) is 24.3 Å². The number of hydrogen-bond acceptors (Lipinski definition) is 5. The van der Waals surface area contributed by atoms with E-state index >= 15 is 0 Å². The molecule has 2 aromatic heterocycles. The Morgan fingerprint density at radius 1 is 1.19 bits per heavy atom. The molecule has 0 bridgehead atoms. The van der Waals surface area contributed by atoms with Gasteiger partial charge in [-0.15, -0.1) is 0 Å². The van der Waals surface area contributed by atoms with Crippen molar-refractivity contribution in [3.8, 4) is 22.6 Å². The minimum absolute atomic E-state index is 0.0395. The summed E-state index contributed by atoms with van der Waals surface area (Å²) in [7, 11) is 1.38. The lowest BCUT2D eigenvalue weighted by molar-refractivity contribution is -0.140. The molecule has 0 aliphatic carbocycles. The van der Waals surface area contributed by atoms with Gasteiger partial charge in [0.15, 0.2) is 0 Å². The van der Waals surface area contributed by atoms with Gasteiger partial charge in [-0.25, -0.2) is 4.98 Å². The molecule has 0 atom stereocenters. The number of imidazole rings is 1. The number of benzene rings is 1. The number of rotatable bonds is 6. The lowest BCUT2D eigenvalue weighted by Crippen LogP contribution is -2.10. The molecule has 0 spiro atoms. The third-order valence-electron chi connectivity index (χ3n) is 3.98. The molecule has 26 heavy (non-hydrogen) atoms. The van der Waals surface area contributed by atoms with Crippen LogP contribution in [0.1, 0.15) is 17.7 Å². The number of carbonyl (C=O) groups is 1. The van der Waals surface area contributed by atoms with Crippen LogP contribution in [0.5, 0.6) is 0 Å². The normalized spacial score (nSPS) is 10.5. The molecule has 1 aromatic carbocycles. The van der Waals surface area contributed by atoms with Crippen molar-refractivity contribution in [1.82, 2.24) is 15.0 Å². The fraction of sp³-hybridized carbons (Fsp3) is 0.158. The van der Waals surface area contributed by atoms with E-state index in [1.54, 1.807) is 18.3 Å². The van der Waals surface area contributed by atoms with E-state index in [-0.39, 0.29) is 11.8 Å². The Morgan fingerprint density at radius 2 is 1.92 bits per heavy atom. The fourth-order valence-corrected chi connectivity index (χ4v) is 2.48. The summed E-state index contributed by atoms with van der Waals surface area (Å²) in [5.41, 5.74) is 9.56. The van der Waals surface area contributed by atoms with Crippen LogP contribution in [0, 0.1) is 5.41 Å². The molecule has 0 aliphatic heterocycles. The van der Waals surface area contributed by atoms with E-state index in [1.165, 1.54) is 7.11 Å². The summed E-state index contributed by atoms with van der Waals surface area (Å²) in [5, 5.41) is 7.43. The van der Waals surface area contributed by atoms with Crippen LogP contribution in [-0.4, -0.2) is 33.9 Å². The van der Waals surface area contributed by atoms with Gasteiger partial charge in [-0.2, -0.15) is 0 Å². The Bertz CT molecular complexity index is 914. The largest absolute Gasteiger partial charge is 0.469 e. The molecule has 0 saturated carbocycles. The molecule has 0 fully saturated rings. The van der Waals surface area contributed by atoms with Crippen molar-refractivity contribution in [2.24, 2.45) is 5.73 Å². The number of ether oxygens (including phenoxy) is 1. The van der Waals surface area contributed by atoms with Crippen LogP contribution in [0.15, 0.2) is 48.8 Å². The molecule has 2 heterocycles. The molecule has 7 heteroatoms. The molecule has 132 valence electrons. The highest BCUT2D eigenvalue weighted by Gasteiger charge is 2.08. The van der Waals surface area contributed by atoms with Crippen molar-refractivity contribution in [3.63, 3.8) is 0 Å². The van der Waals surface area contributed by atoms with E-state index in [0.29, 0.717) is 24.2 Å². The maximum Gasteiger partial charge on any atom is 0.305 e. The van der Waals surface area contributed by atoms with Crippen molar-refractivity contribution in [3.05, 3.63) is 60.0 Å². The predicted octanol–water partition coefficient (Wildman–Crippen LogP) is 2.53. The number of nitrogens with two attached hydrogens (primary N) is 1. The van der Waals surface area contributed by atoms with Gasteiger partial charge in [-0.05, 0) is 12.1 Å². The topological polar surface area (TPSA) is 118 Å². The molecule has 4 N–H and O–H groups in total. The number of methoxy groups -OCH3 is 1. The minimum Gasteiger partial charge on any atom is -0.469 e. The highest BCUT2D eigenvalue weighted by atomic mass is 16.5. The Hall–Kier alpha value is -3.48. The van der Waals surface area contributed by atoms with Gasteiger partial charge in [0.2, 0.25) is 0 Å². The lowest BCUT2D eigenvalue weighted by Gasteiger charge is -2.02. The average Bonchev–Trinajstić information content (AvgIpc) is 3.16. The van der Waals surface area contributed by atoms with E-state index in [2.05, 4.69) is 19.7 Å². The second-order valence-corrected chi connectivity index (χ2v) is 5.74. The van der Waals surface area contributed by atoms with Gasteiger partial charge in [0, 0.05) is 41.2 Å². The van der Waals surface area contributed by atoms with Crippen LogP contribution in [0.2, 0.25) is 0 Å². The Kier molecular flexibility index (Phi) is 5.07. The molecular weight excluding hydrogens is 330 g/mol. The van der Waals surface area contributed by atoms with Gasteiger partial charge in [0.05, 0.1) is 19.2 Å². The van der Waals surface area contributed by atoms with Crippen molar-refractivity contribution < 1.29 is 9.53 Å². The van der Waals surface area contributed by atoms with Crippen LogP contribution >= 0.6 is 0 Å². The van der Waals surface area contributed by atoms with Crippen molar-refractivity contribution in [1.29, 1.82) is 5.41 Å². The number of hydrogen-bond donors (Lipinski definition) is 3. The lowest BCUT2D eigenvalue weighted by atomic mass is 10.1. The molecular formula is C19H19N5O2. The third kappa shape index (κ3) is 3.94. The standard InChI is InChI=1S/C19H19N5O2/c1-26-17(25)9-8-15-7-6-14(10-22-15)19-23-11-16(24-19)12-2-4-13(5-3-12)18(20)21/h2-7,10-11H,8-9H2,1H3,(H3,20,21)(H,23,24). The first kappa shape index (κ1) is 17.3. The molecule has 0 radical (unpaired) electrons. The number of carbonyl (C=O) groups excluding carboxylic acids is 1. The smallest absolute Gasteiger partial charge is 0.305 e. The van der Waals surface area contributed by atoms with Gasteiger partial charge >= 0.3 is 5.97 Å². The Balaban J connectivity index is 1.73. The summed E-state index contributed by atoms with van der Waals surface area (Å²) in [5.74, 6) is 0.502. The van der Waals surface area contributed by atoms with Crippen molar-refractivity contribution in [2.45, 2.75) is 12.8 Å². The summed E-state index contributed by atoms with van der Waals surface area (Å²) >= 11 is 0. The van der Waals surface area contributed by atoms with E-state index in [4.69, 9.17) is 11.1 Å². The zero-order valence-corrected chi connectivity index (χ0v) is 14.3. The number of pyridine rings is 1. The van der Waals surface area contributed by atoms with Crippen LogP contribution in [0.3, 0.4) is 0 Å². The summed E-state index contributed by atoms with van der Waals surface area (Å²) < 4.78 is 4.63. The Labute approximate surface area is 150 Å². The second kappa shape index (κ2) is 7.60. The van der Waals surface area contributed by atoms with Crippen LogP contribution < -0.4 is 5.73 Å². The van der Waals surface area contributed by atoms with Crippen LogP contribution in [0.4, 0.5) is 0 Å². The summed E-state index contributed by atoms with van der Waals surface area (Å²) in [6.07, 6.45) is 4.40. The van der Waals surface area contributed by atoms with E-state index in [9.17, 15) is 4.79 Å². The van der Waals surface area contributed by atoms with Gasteiger partial charge in [-0.3, -0.25) is 15.2 Å². The number of aromatic amines is 1. The summed E-state index contributed by atoms with van der Waals surface area (Å²) in [4.78, 5) is 23.3. The number of amidine groups is 1. The van der Waals surface area contributed by atoms with E-state index < -0.39 is 0 Å². The maximum atomic E-state index is 11.2. The average molecular weight is 349 g/mol. The molecule has 0 aliphatic rings. The number of nitrogen functional groups attached to an aromatic ring is 1. The SMILES string of the molecule is COC(=O)CCc1ccc(-c2nc(-c3ccc(C(=N)N)cc3)c[nH]2)cn1. The molecule has 0 unspecified atom stereocenters. The highest BCUT2D eigenvalue weighted by molar-refractivity contribution is 5.95. The second-order valence-electron chi connectivity index (χ2n) is 5.74. The first-order chi connectivity index (χ1) is 12.6. The van der Waals surface area contributed by atoms with Crippen LogP contribution in [0.25, 0.3) is 22.6 Å². The number of nitrogens with zero attached hydrogens (tertiary/aromatic N) is 2. The number of nitrogens with one attached hydrogen (secondary N) is 2. The fourth-order valence-electron chi connectivity index (χ4n) is 2.48. The predicted molar refractivity (Wildman–Crippen MR) is 98.6 cm³/mol. The van der Waals surface area contributed by atoms with Crippen molar-refractivity contribution >= 4 is 11.8 Å². The third-order valence-corrected chi connectivity index (χ3v) is 3.98. The molecule has 0 amide bonds. The monoisotopic (exact) mass is 349 g/mol. The van der Waals surface area contributed by atoms with Gasteiger partial charge in [0.25, 0.3) is 0 Å². The molecule has 3 aromatic rings. The van der Waals surface area contributed by atoms with Gasteiger partial charge < -0.3 is 15.5 Å². The number of esters is 1. The number of aromatic nitrogens is 3. The van der Waals surface area contributed by atoms with Crippen LogP contribution in [-0.2, 0) is 16.0 Å². The molecule has 7 nitrogen and oxygen atoms in total. The number of aryl methyl sites for hydroxylation is 1. The first-order valence-electron chi connectivity index (χ1n) is 8.09. The first-order valence-corrected chi connectivity index (χ1v) is 8.09.